The third-order valence-electron chi connectivity index (χ3n) is 10.8. The van der Waals surface area contributed by atoms with Gasteiger partial charge in [-0.05, 0) is 85.0 Å². The average Bonchev–Trinajstić information content (AvgIpc) is 3.22. The number of hydrogen-bond acceptors (Lipinski definition) is 5. The number of alkyl halides is 14. The van der Waals surface area contributed by atoms with Gasteiger partial charge in [0.2, 0.25) is 5.91 Å². The van der Waals surface area contributed by atoms with E-state index in [1.54, 1.807) is 50.2 Å². The SMILES string of the molecule is CC(=O)O.CCc1cc(C(F)(C(F)(F)F)C(F)(F)F)cc(C)c1CC(=O)c1ccc(C(C)N)cc1.CCc1cc(C(F)(C(F)(F)F)C(F)(F)F)cc(C)c1CC(=O)c1ccc(C(C)NC(C)=O)cc1. The van der Waals surface area contributed by atoms with Crippen molar-refractivity contribution in [3.63, 3.8) is 0 Å². The van der Waals surface area contributed by atoms with E-state index in [0.29, 0.717) is 29.8 Å². The molecule has 380 valence electrons. The van der Waals surface area contributed by atoms with Gasteiger partial charge in [0.05, 0.1) is 6.04 Å². The van der Waals surface area contributed by atoms with Gasteiger partial charge in [0, 0.05) is 55.0 Å². The van der Waals surface area contributed by atoms with Gasteiger partial charge < -0.3 is 16.2 Å². The summed E-state index contributed by atoms with van der Waals surface area (Å²) in [5.41, 5.74) is -5.73. The topological polar surface area (TPSA) is 127 Å². The zero-order chi connectivity index (χ0) is 53.4. The first-order valence-electron chi connectivity index (χ1n) is 20.8. The van der Waals surface area contributed by atoms with Gasteiger partial charge in [-0.1, -0.05) is 86.6 Å². The van der Waals surface area contributed by atoms with Crippen LogP contribution in [0.25, 0.3) is 0 Å². The van der Waals surface area contributed by atoms with Crippen molar-refractivity contribution in [1.82, 2.24) is 5.32 Å². The van der Waals surface area contributed by atoms with Crippen molar-refractivity contribution in [2.45, 2.75) is 129 Å². The predicted octanol–water partition coefficient (Wildman–Crippen LogP) is 12.9. The number of nitrogens with one attached hydrogen (secondary N) is 1. The van der Waals surface area contributed by atoms with Crippen molar-refractivity contribution in [3.8, 4) is 0 Å². The fourth-order valence-electron chi connectivity index (χ4n) is 7.13. The number of carbonyl (C=O) groups is 4. The highest BCUT2D eigenvalue weighted by molar-refractivity contribution is 5.98. The second-order valence-corrected chi connectivity index (χ2v) is 16.1. The van der Waals surface area contributed by atoms with Gasteiger partial charge in [0.25, 0.3) is 5.97 Å². The highest BCUT2D eigenvalue weighted by Crippen LogP contribution is 2.55. The number of carboxylic acid groups (broad SMARTS) is 1. The fraction of sp³-hybridized carbons (Fsp3) is 0.417. The molecule has 0 aliphatic heterocycles. The largest absolute Gasteiger partial charge is 0.481 e. The lowest BCUT2D eigenvalue weighted by atomic mass is 9.86. The van der Waals surface area contributed by atoms with Crippen LogP contribution in [0.1, 0.15) is 130 Å². The lowest BCUT2D eigenvalue weighted by Crippen LogP contribution is -2.50. The summed E-state index contributed by atoms with van der Waals surface area (Å²) in [5, 5.41) is 10.1. The first-order valence-corrected chi connectivity index (χ1v) is 20.8. The molecule has 4 aromatic rings. The van der Waals surface area contributed by atoms with Crippen LogP contribution >= 0.6 is 0 Å². The Morgan fingerprint density at radius 3 is 1.09 bits per heavy atom. The predicted molar refractivity (Wildman–Crippen MR) is 228 cm³/mol. The van der Waals surface area contributed by atoms with Crippen LogP contribution in [0.3, 0.4) is 0 Å². The number of rotatable bonds is 13. The Bertz CT molecular complexity index is 2410. The molecule has 21 heteroatoms. The summed E-state index contributed by atoms with van der Waals surface area (Å²) in [6.07, 6.45) is -25.3. The quantitative estimate of drug-likeness (QED) is 0.0904. The van der Waals surface area contributed by atoms with Crippen LogP contribution in [-0.2, 0) is 46.6 Å². The van der Waals surface area contributed by atoms with Crippen molar-refractivity contribution in [2.75, 3.05) is 0 Å². The molecule has 0 saturated heterocycles. The third kappa shape index (κ3) is 14.1. The molecule has 69 heavy (non-hydrogen) atoms. The first kappa shape index (κ1) is 59.3. The number of aliphatic carboxylic acids is 1. The number of hydrogen-bond donors (Lipinski definition) is 3. The Labute approximate surface area is 388 Å². The zero-order valence-electron chi connectivity index (χ0n) is 38.4. The van der Waals surface area contributed by atoms with Gasteiger partial charge in [-0.25, -0.2) is 8.78 Å². The first-order chi connectivity index (χ1) is 31.4. The van der Waals surface area contributed by atoms with Crippen molar-refractivity contribution >= 4 is 23.4 Å². The minimum atomic E-state index is -6.21. The van der Waals surface area contributed by atoms with Crippen molar-refractivity contribution in [2.24, 2.45) is 5.73 Å². The normalized spacial score (nSPS) is 13.3. The average molecular weight is 1000 g/mol. The number of aryl methyl sites for hydroxylation is 4. The molecular formula is C48H50F14N2O5. The molecule has 2 unspecified atom stereocenters. The van der Waals surface area contributed by atoms with Gasteiger partial charge in [0.15, 0.2) is 11.6 Å². The van der Waals surface area contributed by atoms with Gasteiger partial charge in [-0.2, -0.15) is 52.7 Å². The Hall–Kier alpha value is -5.86. The van der Waals surface area contributed by atoms with E-state index in [9.17, 15) is 75.8 Å². The molecule has 2 atom stereocenters. The maximum Gasteiger partial charge on any atom is 0.435 e. The molecule has 4 rings (SSSR count). The Kier molecular flexibility index (Phi) is 19.5. The van der Waals surface area contributed by atoms with Crippen molar-refractivity contribution < 1.29 is 85.8 Å². The van der Waals surface area contributed by atoms with E-state index < -0.39 is 58.9 Å². The van der Waals surface area contributed by atoms with E-state index in [1.165, 1.54) is 46.8 Å². The summed E-state index contributed by atoms with van der Waals surface area (Å²) in [6, 6.07) is 14.3. The zero-order valence-corrected chi connectivity index (χ0v) is 38.4. The molecule has 0 heterocycles. The number of carbonyl (C=O) groups excluding carboxylic acids is 3. The number of halogens is 14. The molecule has 0 bridgehead atoms. The number of ketones is 2. The second kappa shape index (κ2) is 22.7. The third-order valence-corrected chi connectivity index (χ3v) is 10.8. The van der Waals surface area contributed by atoms with Crippen LogP contribution in [0, 0.1) is 13.8 Å². The molecule has 0 aliphatic carbocycles. The maximum absolute atomic E-state index is 14.5. The van der Waals surface area contributed by atoms with Crippen molar-refractivity contribution in [1.29, 1.82) is 0 Å². The van der Waals surface area contributed by atoms with E-state index in [1.807, 2.05) is 0 Å². The standard InChI is InChI=1S/C24H24F7NO2.C22H22F7NO.C2H4O2/c1-5-16-11-19(22(25,23(26,27)28)24(29,30)31)10-13(2)20(16)12-21(34)18-8-6-17(7-9-18)14(3)32-15(4)33;1-4-14-10-17(20(23,21(24,25)26)22(27,28)29)9-12(2)18(14)11-19(31)16-7-5-15(6-8-16)13(3)30;1-2(3)4/h6-11,14H,5,12H2,1-4H3,(H,32,33);5-10,13H,4,11,30H2,1-3H3;1H3,(H,3,4). The summed E-state index contributed by atoms with van der Waals surface area (Å²) in [5.74, 6) is -1.85. The highest BCUT2D eigenvalue weighted by atomic mass is 19.4. The van der Waals surface area contributed by atoms with Crippen LogP contribution in [0.5, 0.6) is 0 Å². The summed E-state index contributed by atoms with van der Waals surface area (Å²) in [6.45, 7) is 11.5. The van der Waals surface area contributed by atoms with Crippen LogP contribution in [0.15, 0.2) is 72.8 Å². The number of Topliss-reactive ketones (excluding diaryl/α,β-unsaturated/α-hetero) is 2. The summed E-state index contributed by atoms with van der Waals surface area (Å²) in [4.78, 5) is 45.6. The second-order valence-electron chi connectivity index (χ2n) is 16.1. The Balaban J connectivity index is 0.000000441. The van der Waals surface area contributed by atoms with E-state index >= 15 is 0 Å². The maximum atomic E-state index is 14.5. The van der Waals surface area contributed by atoms with E-state index in [-0.39, 0.29) is 88.4 Å². The van der Waals surface area contributed by atoms with Crippen LogP contribution in [0.2, 0.25) is 0 Å². The van der Waals surface area contributed by atoms with Gasteiger partial charge in [-0.3, -0.25) is 19.2 Å². The Morgan fingerprint density at radius 1 is 0.551 bits per heavy atom. The van der Waals surface area contributed by atoms with Gasteiger partial charge >= 0.3 is 36.0 Å². The van der Waals surface area contributed by atoms with E-state index in [4.69, 9.17) is 15.6 Å². The summed E-state index contributed by atoms with van der Waals surface area (Å²) >= 11 is 0. The lowest BCUT2D eigenvalue weighted by molar-refractivity contribution is -0.349. The number of nitrogens with two attached hydrogens (primary N) is 1. The van der Waals surface area contributed by atoms with Crippen LogP contribution < -0.4 is 11.1 Å². The number of amides is 1. The van der Waals surface area contributed by atoms with Crippen LogP contribution in [0.4, 0.5) is 61.5 Å². The molecule has 0 radical (unpaired) electrons. The molecule has 0 aliphatic rings. The molecule has 4 aromatic carbocycles. The van der Waals surface area contributed by atoms with Crippen LogP contribution in [-0.4, -0.2) is 53.3 Å². The molecule has 0 spiro atoms. The van der Waals surface area contributed by atoms with E-state index in [2.05, 4.69) is 5.32 Å². The monoisotopic (exact) mass is 1000 g/mol. The molecule has 7 nitrogen and oxygen atoms in total. The molecule has 0 fully saturated rings. The molecular weight excluding hydrogens is 951 g/mol. The van der Waals surface area contributed by atoms with Gasteiger partial charge in [-0.15, -0.1) is 0 Å². The van der Waals surface area contributed by atoms with Gasteiger partial charge in [0.1, 0.15) is 0 Å². The highest BCUT2D eigenvalue weighted by Gasteiger charge is 2.74. The summed E-state index contributed by atoms with van der Waals surface area (Å²) < 4.78 is 187. The van der Waals surface area contributed by atoms with Crippen molar-refractivity contribution in [3.05, 3.63) is 140 Å². The number of carboxylic acids is 1. The number of benzene rings is 4. The van der Waals surface area contributed by atoms with E-state index in [0.717, 1.165) is 18.1 Å². The fourth-order valence-corrected chi connectivity index (χ4v) is 7.13. The molecule has 1 amide bonds. The minimum Gasteiger partial charge on any atom is -0.481 e. The molecule has 0 saturated carbocycles. The summed E-state index contributed by atoms with van der Waals surface area (Å²) in [7, 11) is 0. The molecule has 4 N–H and O–H groups in total. The smallest absolute Gasteiger partial charge is 0.435 e. The Morgan fingerprint density at radius 2 is 0.841 bits per heavy atom. The lowest BCUT2D eigenvalue weighted by Gasteiger charge is -2.31. The minimum absolute atomic E-state index is 0.00371. The molecule has 0 aromatic heterocycles.